The van der Waals surface area contributed by atoms with E-state index in [9.17, 15) is 4.91 Å². The lowest BCUT2D eigenvalue weighted by Gasteiger charge is -1.86. The summed E-state index contributed by atoms with van der Waals surface area (Å²) in [7, 11) is 0. The minimum Gasteiger partial charge on any atom is -0.361 e. The Morgan fingerprint density at radius 1 is 1.33 bits per heavy atom. The predicted octanol–water partition coefficient (Wildman–Crippen LogP) is 1.97. The molecule has 1 aromatic heterocycles. The van der Waals surface area contributed by atoms with Crippen LogP contribution in [0.5, 0.6) is 0 Å². The van der Waals surface area contributed by atoms with E-state index < -0.39 is 0 Å². The third-order valence-corrected chi connectivity index (χ3v) is 1.76. The fourth-order valence-electron chi connectivity index (χ4n) is 1.16. The molecule has 0 radical (unpaired) electrons. The summed E-state index contributed by atoms with van der Waals surface area (Å²) in [5, 5.41) is 9.49. The maximum Gasteiger partial charge on any atom is 0.317 e. The van der Waals surface area contributed by atoms with Gasteiger partial charge in [0.1, 0.15) is 0 Å². The first-order chi connectivity index (χ1) is 5.77. The van der Waals surface area contributed by atoms with Gasteiger partial charge in [-0.15, -0.1) is 0 Å². The second kappa shape index (κ2) is 2.34. The molecule has 4 nitrogen and oxygen atoms in total. The Labute approximate surface area is 68.0 Å². The number of rotatable bonds is 1. The Hall–Kier alpha value is -1.84. The second-order valence-corrected chi connectivity index (χ2v) is 2.52. The standard InChI is InChI=1S/C8H7N2O2/c11-10(12)7-1-2-8-6(5-7)3-4-9-8/h1-5,9H,(H,11,12)/q+1. The number of hydrogen-bond donors (Lipinski definition) is 2. The lowest BCUT2D eigenvalue weighted by Crippen LogP contribution is -1.90. The van der Waals surface area contributed by atoms with Crippen LogP contribution in [0.2, 0.25) is 0 Å². The fourth-order valence-corrected chi connectivity index (χ4v) is 1.16. The van der Waals surface area contributed by atoms with E-state index in [4.69, 9.17) is 5.21 Å². The summed E-state index contributed by atoms with van der Waals surface area (Å²) in [5.41, 5.74) is 1.18. The van der Waals surface area contributed by atoms with Crippen LogP contribution in [0.4, 0.5) is 5.69 Å². The molecule has 0 bridgehead atoms. The Balaban J connectivity index is 2.68. The average Bonchev–Trinajstić information content (AvgIpc) is 2.49. The minimum atomic E-state index is -0.146. The monoisotopic (exact) mass is 163 g/mol. The third-order valence-electron chi connectivity index (χ3n) is 1.76. The van der Waals surface area contributed by atoms with Gasteiger partial charge in [0.2, 0.25) is 0 Å². The highest BCUT2D eigenvalue weighted by atomic mass is 16.6. The van der Waals surface area contributed by atoms with E-state index in [-0.39, 0.29) is 10.6 Å². The predicted molar refractivity (Wildman–Crippen MR) is 43.4 cm³/mol. The van der Waals surface area contributed by atoms with Crippen LogP contribution in [0.25, 0.3) is 10.9 Å². The first kappa shape index (κ1) is 6.84. The van der Waals surface area contributed by atoms with Crippen LogP contribution in [-0.4, -0.2) is 15.1 Å². The van der Waals surface area contributed by atoms with Crippen molar-refractivity contribution in [3.05, 3.63) is 35.4 Å². The molecule has 2 aromatic rings. The number of hydrogen-bond acceptors (Lipinski definition) is 1. The average molecular weight is 163 g/mol. The number of fused-ring (bicyclic) bond motifs is 1. The molecule has 0 saturated carbocycles. The first-order valence-electron chi connectivity index (χ1n) is 3.50. The van der Waals surface area contributed by atoms with E-state index in [0.29, 0.717) is 0 Å². The van der Waals surface area contributed by atoms with Gasteiger partial charge >= 0.3 is 5.69 Å². The summed E-state index contributed by atoms with van der Waals surface area (Å²) in [4.78, 5) is 13.3. The van der Waals surface area contributed by atoms with Crippen molar-refractivity contribution >= 4 is 16.6 Å². The van der Waals surface area contributed by atoms with Gasteiger partial charge in [0.25, 0.3) is 4.92 Å². The van der Waals surface area contributed by atoms with Crippen LogP contribution < -0.4 is 0 Å². The van der Waals surface area contributed by atoms with Crippen LogP contribution in [0.3, 0.4) is 0 Å². The quantitative estimate of drug-likeness (QED) is 0.631. The Morgan fingerprint density at radius 3 is 2.92 bits per heavy atom. The molecule has 0 atom stereocenters. The van der Waals surface area contributed by atoms with Gasteiger partial charge in [0.05, 0.1) is 4.91 Å². The summed E-state index contributed by atoms with van der Waals surface area (Å²) in [5.74, 6) is 0. The lowest BCUT2D eigenvalue weighted by molar-refractivity contribution is -0.729. The van der Waals surface area contributed by atoms with Gasteiger partial charge in [-0.1, -0.05) is 0 Å². The zero-order valence-electron chi connectivity index (χ0n) is 6.19. The van der Waals surface area contributed by atoms with Gasteiger partial charge in [-0.3, -0.25) is 0 Å². The minimum absolute atomic E-state index is 0.146. The summed E-state index contributed by atoms with van der Waals surface area (Å²) in [6.07, 6.45) is 1.78. The molecule has 0 aliphatic heterocycles. The Kier molecular flexibility index (Phi) is 1.33. The van der Waals surface area contributed by atoms with Crippen molar-refractivity contribution in [2.24, 2.45) is 0 Å². The molecule has 0 aliphatic carbocycles. The number of aromatic nitrogens is 1. The molecule has 12 heavy (non-hydrogen) atoms. The van der Waals surface area contributed by atoms with Crippen molar-refractivity contribution in [1.82, 2.24) is 4.98 Å². The zero-order chi connectivity index (χ0) is 8.55. The van der Waals surface area contributed by atoms with E-state index in [0.717, 1.165) is 10.9 Å². The smallest absolute Gasteiger partial charge is 0.317 e. The van der Waals surface area contributed by atoms with E-state index in [1.165, 1.54) is 0 Å². The van der Waals surface area contributed by atoms with Crippen LogP contribution in [-0.2, 0) is 0 Å². The van der Waals surface area contributed by atoms with E-state index in [1.54, 1.807) is 24.4 Å². The molecule has 2 N–H and O–H groups in total. The molecule has 0 amide bonds. The Morgan fingerprint density at radius 2 is 2.17 bits per heavy atom. The van der Waals surface area contributed by atoms with Gasteiger partial charge in [0, 0.05) is 29.2 Å². The third kappa shape index (κ3) is 0.934. The van der Waals surface area contributed by atoms with Gasteiger partial charge in [-0.2, -0.15) is 0 Å². The highest BCUT2D eigenvalue weighted by Gasteiger charge is 2.10. The van der Waals surface area contributed by atoms with Gasteiger partial charge in [0.15, 0.2) is 0 Å². The Bertz CT molecular complexity index is 433. The summed E-state index contributed by atoms with van der Waals surface area (Å²) < 4.78 is 0. The van der Waals surface area contributed by atoms with Crippen molar-refractivity contribution in [2.75, 3.05) is 0 Å². The molecule has 0 unspecified atom stereocenters. The highest BCUT2D eigenvalue weighted by Crippen LogP contribution is 2.18. The van der Waals surface area contributed by atoms with Gasteiger partial charge < -0.3 is 4.98 Å². The number of H-pyrrole nitrogens is 1. The molecular weight excluding hydrogens is 156 g/mol. The maximum atomic E-state index is 10.5. The van der Waals surface area contributed by atoms with Gasteiger partial charge in [-0.05, 0) is 12.1 Å². The topological polar surface area (TPSA) is 56.1 Å². The van der Waals surface area contributed by atoms with E-state index in [1.807, 2.05) is 6.07 Å². The molecule has 4 heteroatoms. The van der Waals surface area contributed by atoms with Crippen LogP contribution >= 0.6 is 0 Å². The number of nitrogens with zero attached hydrogens (tertiary/aromatic N) is 1. The molecule has 60 valence electrons. The molecule has 1 heterocycles. The molecule has 1 aromatic carbocycles. The summed E-state index contributed by atoms with van der Waals surface area (Å²) in [6.45, 7) is 0. The van der Waals surface area contributed by atoms with Crippen molar-refractivity contribution in [3.63, 3.8) is 0 Å². The van der Waals surface area contributed by atoms with Crippen LogP contribution in [0.1, 0.15) is 0 Å². The largest absolute Gasteiger partial charge is 0.361 e. The fraction of sp³-hybridized carbons (Fsp3) is 0. The number of nitrogens with one attached hydrogen (secondary N) is 1. The van der Waals surface area contributed by atoms with Crippen LogP contribution in [0.15, 0.2) is 30.5 Å². The van der Waals surface area contributed by atoms with E-state index >= 15 is 0 Å². The van der Waals surface area contributed by atoms with Crippen molar-refractivity contribution in [2.45, 2.75) is 0 Å². The number of aromatic amines is 1. The molecule has 0 spiro atoms. The maximum absolute atomic E-state index is 10.5. The van der Waals surface area contributed by atoms with E-state index in [2.05, 4.69) is 4.98 Å². The molecule has 0 saturated heterocycles. The molecule has 2 rings (SSSR count). The normalized spacial score (nSPS) is 10.3. The summed E-state index contributed by atoms with van der Waals surface area (Å²) in [6, 6.07) is 6.73. The molecule has 0 aliphatic rings. The van der Waals surface area contributed by atoms with Crippen LogP contribution in [0, 0.1) is 4.91 Å². The summed E-state index contributed by atoms with van der Waals surface area (Å²) >= 11 is 0. The number of benzene rings is 1. The highest BCUT2D eigenvalue weighted by molar-refractivity contribution is 5.81. The zero-order valence-corrected chi connectivity index (χ0v) is 6.19. The first-order valence-corrected chi connectivity index (χ1v) is 3.50. The molecule has 0 fully saturated rings. The lowest BCUT2D eigenvalue weighted by atomic mass is 10.2. The molecular formula is C8H7N2O2+. The SMILES string of the molecule is O=[N+](O)c1ccc2[nH]ccc2c1. The van der Waals surface area contributed by atoms with Gasteiger partial charge in [-0.25, -0.2) is 5.21 Å². The van der Waals surface area contributed by atoms with Crippen molar-refractivity contribution in [3.8, 4) is 0 Å². The van der Waals surface area contributed by atoms with Crippen molar-refractivity contribution in [1.29, 1.82) is 0 Å². The second-order valence-electron chi connectivity index (χ2n) is 2.52. The van der Waals surface area contributed by atoms with Crippen molar-refractivity contribution < 1.29 is 10.1 Å².